The Morgan fingerprint density at radius 3 is 2.25 bits per heavy atom. The summed E-state index contributed by atoms with van der Waals surface area (Å²) in [5.74, 6) is 2.22. The molecule has 1 aliphatic heterocycles. The number of benzene rings is 4. The molecule has 0 aliphatic carbocycles. The third-order valence-corrected chi connectivity index (χ3v) is 10.5. The second-order valence-corrected chi connectivity index (χ2v) is 15.5. The van der Waals surface area contributed by atoms with Crippen molar-refractivity contribution in [3.63, 3.8) is 0 Å². The first-order valence-electron chi connectivity index (χ1n) is 18.3. The third kappa shape index (κ3) is 8.48. The summed E-state index contributed by atoms with van der Waals surface area (Å²) in [5, 5.41) is 14.4. The summed E-state index contributed by atoms with van der Waals surface area (Å²) in [6.45, 7) is 21.2. The fourth-order valence-electron chi connectivity index (χ4n) is 6.91. The molecule has 0 spiro atoms. The number of ether oxygens (including phenoxy) is 1. The zero-order valence-electron chi connectivity index (χ0n) is 32.1. The Bertz CT molecular complexity index is 2060. The standard InChI is InChI=1S/C32H28NO.C14H26O2.Ir/c1-19-10-11-21-16-26-30-29-22(12-13-33-30)15-23(24-9-7-6-8-20(24)2)17-28(29)34-31(26)27(25(21)14-19)18-32(3,4)5;1-6-11(7-2)12(15)10-13(16)14(5,8-3)9-4;/h6-15,17H,18H2,1-5H3;10-11,15H,6-9H2,1-5H3;/q-1;;/b;12-10-;. The molecule has 6 rings (SSSR count). The molecule has 4 aromatic carbocycles. The fraction of sp³-hybridized carbons (Fsp3) is 0.391. The summed E-state index contributed by atoms with van der Waals surface area (Å²) in [7, 11) is 0. The minimum Gasteiger partial charge on any atom is -0.512 e. The summed E-state index contributed by atoms with van der Waals surface area (Å²) >= 11 is 0. The van der Waals surface area contributed by atoms with Crippen molar-refractivity contribution >= 4 is 27.3 Å². The van der Waals surface area contributed by atoms with Crippen molar-refractivity contribution in [2.24, 2.45) is 16.7 Å². The number of aromatic nitrogens is 1. The average molecular weight is 861 g/mol. The quantitative estimate of drug-likeness (QED) is 0.0894. The van der Waals surface area contributed by atoms with Gasteiger partial charge in [0.2, 0.25) is 0 Å². The number of rotatable bonds is 9. The first-order chi connectivity index (χ1) is 23.7. The first kappa shape index (κ1) is 40.0. The van der Waals surface area contributed by atoms with Crippen LogP contribution in [0.25, 0.3) is 43.9 Å². The van der Waals surface area contributed by atoms with E-state index in [1.807, 2.05) is 40.8 Å². The normalized spacial score (nSPS) is 12.6. The number of carbonyl (C=O) groups excluding carboxylic acids is 1. The third-order valence-electron chi connectivity index (χ3n) is 10.5. The van der Waals surface area contributed by atoms with E-state index in [9.17, 15) is 9.90 Å². The second kappa shape index (κ2) is 16.3. The molecule has 0 amide bonds. The van der Waals surface area contributed by atoms with Gasteiger partial charge in [-0.15, -0.1) is 17.5 Å². The van der Waals surface area contributed by atoms with Crippen LogP contribution >= 0.6 is 0 Å². The Morgan fingerprint density at radius 1 is 0.941 bits per heavy atom. The van der Waals surface area contributed by atoms with Crippen molar-refractivity contribution in [1.82, 2.24) is 4.98 Å². The number of pyridine rings is 1. The summed E-state index contributed by atoms with van der Waals surface area (Å²) in [4.78, 5) is 16.9. The molecule has 5 heteroatoms. The van der Waals surface area contributed by atoms with Crippen LogP contribution in [0.1, 0.15) is 97.8 Å². The zero-order chi connectivity index (χ0) is 36.4. The number of nitrogens with zero attached hydrogens (tertiary/aromatic N) is 1. The summed E-state index contributed by atoms with van der Waals surface area (Å²) in [6.07, 6.45) is 7.65. The van der Waals surface area contributed by atoms with Crippen molar-refractivity contribution in [3.8, 4) is 33.9 Å². The predicted molar refractivity (Wildman–Crippen MR) is 210 cm³/mol. The smallest absolute Gasteiger partial charge is 0.164 e. The molecule has 5 aromatic rings. The number of hydrogen-bond donors (Lipinski definition) is 1. The first-order valence-corrected chi connectivity index (χ1v) is 18.3. The molecule has 51 heavy (non-hydrogen) atoms. The number of hydrogen-bond acceptors (Lipinski definition) is 4. The van der Waals surface area contributed by atoms with E-state index in [0.717, 1.165) is 71.0 Å². The molecule has 1 aromatic heterocycles. The largest absolute Gasteiger partial charge is 0.512 e. The van der Waals surface area contributed by atoms with Crippen LogP contribution in [-0.4, -0.2) is 15.9 Å². The van der Waals surface area contributed by atoms with Gasteiger partial charge in [-0.1, -0.05) is 114 Å². The summed E-state index contributed by atoms with van der Waals surface area (Å²) in [5.41, 5.74) is 7.85. The molecule has 1 aliphatic rings. The van der Waals surface area contributed by atoms with Crippen LogP contribution in [0.2, 0.25) is 0 Å². The molecule has 0 bridgehead atoms. The van der Waals surface area contributed by atoms with Crippen molar-refractivity contribution < 1.29 is 34.7 Å². The van der Waals surface area contributed by atoms with E-state index in [0.29, 0.717) is 0 Å². The van der Waals surface area contributed by atoms with Crippen molar-refractivity contribution in [3.05, 3.63) is 101 Å². The number of carbonyl (C=O) groups is 1. The molecule has 0 atom stereocenters. The van der Waals surface area contributed by atoms with Crippen molar-refractivity contribution in [2.45, 2.75) is 101 Å². The number of aliphatic hydroxyl groups is 1. The van der Waals surface area contributed by atoms with Gasteiger partial charge in [0, 0.05) is 54.8 Å². The van der Waals surface area contributed by atoms with E-state index in [1.54, 1.807) is 0 Å². The van der Waals surface area contributed by atoms with Gasteiger partial charge < -0.3 is 9.84 Å². The monoisotopic (exact) mass is 861 g/mol. The molecule has 0 unspecified atom stereocenters. The van der Waals surface area contributed by atoms with Crippen LogP contribution in [0.3, 0.4) is 0 Å². The Morgan fingerprint density at radius 2 is 1.63 bits per heavy atom. The average Bonchev–Trinajstić information content (AvgIpc) is 3.09. The zero-order valence-corrected chi connectivity index (χ0v) is 34.5. The Labute approximate surface area is 319 Å². The molecule has 0 fully saturated rings. The Kier molecular flexibility index (Phi) is 12.8. The van der Waals surface area contributed by atoms with Crippen LogP contribution in [0.4, 0.5) is 0 Å². The number of allylic oxidation sites excluding steroid dienone is 2. The molecular weight excluding hydrogens is 807 g/mol. The van der Waals surface area contributed by atoms with Crippen molar-refractivity contribution in [1.29, 1.82) is 0 Å². The number of fused-ring (bicyclic) bond motifs is 3. The van der Waals surface area contributed by atoms with E-state index in [2.05, 4.69) is 101 Å². The van der Waals surface area contributed by atoms with Crippen LogP contribution in [0.5, 0.6) is 11.5 Å². The predicted octanol–water partition coefficient (Wildman–Crippen LogP) is 13.1. The molecule has 0 saturated carbocycles. The van der Waals surface area contributed by atoms with Gasteiger partial charge in [0.15, 0.2) is 5.78 Å². The molecule has 271 valence electrons. The maximum absolute atomic E-state index is 12.0. The number of aliphatic hydroxyl groups excluding tert-OH is 1. The second-order valence-electron chi connectivity index (χ2n) is 15.5. The van der Waals surface area contributed by atoms with Gasteiger partial charge in [-0.3, -0.25) is 9.78 Å². The van der Waals surface area contributed by atoms with Gasteiger partial charge >= 0.3 is 0 Å². The van der Waals surface area contributed by atoms with Crippen LogP contribution in [-0.2, 0) is 31.3 Å². The molecule has 2 heterocycles. The van der Waals surface area contributed by atoms with E-state index in [4.69, 9.17) is 9.72 Å². The van der Waals surface area contributed by atoms with Gasteiger partial charge in [-0.2, -0.15) is 0 Å². The van der Waals surface area contributed by atoms with E-state index in [1.165, 1.54) is 39.3 Å². The number of ketones is 1. The molecule has 1 N–H and O–H groups in total. The van der Waals surface area contributed by atoms with Crippen LogP contribution in [0.15, 0.2) is 78.7 Å². The number of aryl methyl sites for hydroxylation is 2. The van der Waals surface area contributed by atoms with Crippen LogP contribution in [0, 0.1) is 36.7 Å². The Hall–Kier alpha value is -3.79. The van der Waals surface area contributed by atoms with E-state index >= 15 is 0 Å². The van der Waals surface area contributed by atoms with Crippen LogP contribution < -0.4 is 4.74 Å². The molecular formula is C46H54IrNO3-. The molecule has 1 radical (unpaired) electrons. The fourth-order valence-corrected chi connectivity index (χ4v) is 6.91. The molecule has 4 nitrogen and oxygen atoms in total. The van der Waals surface area contributed by atoms with E-state index < -0.39 is 0 Å². The van der Waals surface area contributed by atoms with Gasteiger partial charge in [-0.25, -0.2) is 0 Å². The van der Waals surface area contributed by atoms with Gasteiger partial charge in [-0.05, 0) is 91.6 Å². The SMILES string of the molecule is CCC(CC)/C(O)=C/C(=O)C(C)(CC)CC.Cc1ccc2[c-]c3c(c(CC(C)(C)C)c2c1)Oc1cc(-c2ccccc2C)cc2ccnc-3c12.[Ir]. The topological polar surface area (TPSA) is 59.4 Å². The maximum Gasteiger partial charge on any atom is 0.164 e. The van der Waals surface area contributed by atoms with Gasteiger partial charge in [0.25, 0.3) is 0 Å². The van der Waals surface area contributed by atoms with Crippen molar-refractivity contribution in [2.75, 3.05) is 0 Å². The minimum atomic E-state index is -0.319. The van der Waals surface area contributed by atoms with Gasteiger partial charge in [0.05, 0.1) is 11.5 Å². The minimum absolute atomic E-state index is 0. The Balaban J connectivity index is 0.000000294. The summed E-state index contributed by atoms with van der Waals surface area (Å²) in [6, 6.07) is 25.3. The molecule has 0 saturated heterocycles. The summed E-state index contributed by atoms with van der Waals surface area (Å²) < 4.78 is 6.81. The van der Waals surface area contributed by atoms with E-state index in [-0.39, 0.29) is 48.4 Å². The van der Waals surface area contributed by atoms with Gasteiger partial charge in [0.1, 0.15) is 5.75 Å². The maximum atomic E-state index is 12.0.